The van der Waals surface area contributed by atoms with Gasteiger partial charge in [-0.2, -0.15) is 9.57 Å². The highest BCUT2D eigenvalue weighted by molar-refractivity contribution is 7.92. The fourth-order valence-electron chi connectivity index (χ4n) is 4.73. The van der Waals surface area contributed by atoms with Gasteiger partial charge in [0.05, 0.1) is 22.4 Å². The topological polar surface area (TPSA) is 195 Å². The summed E-state index contributed by atoms with van der Waals surface area (Å²) >= 11 is 0. The zero-order chi connectivity index (χ0) is 32.8. The second kappa shape index (κ2) is 17.0. The van der Waals surface area contributed by atoms with E-state index in [0.717, 1.165) is 22.5 Å². The van der Waals surface area contributed by atoms with Crippen LogP contribution in [0.5, 0.6) is 0 Å². The molecule has 2 heterocycles. The molecular weight excluding hydrogens is 689 g/mol. The van der Waals surface area contributed by atoms with Crippen LogP contribution in [0.1, 0.15) is 33.7 Å². The number of benzene rings is 2. The molecule has 2 aromatic carbocycles. The van der Waals surface area contributed by atoms with Crippen molar-refractivity contribution in [2.45, 2.75) is 24.8 Å². The van der Waals surface area contributed by atoms with Crippen molar-refractivity contribution in [3.05, 3.63) is 71.0 Å². The molecule has 0 spiro atoms. The van der Waals surface area contributed by atoms with Crippen molar-refractivity contribution in [2.24, 2.45) is 5.73 Å². The first kappa shape index (κ1) is 39.6. The molecule has 1 fully saturated rings. The molecule has 3 aromatic rings. The summed E-state index contributed by atoms with van der Waals surface area (Å²) in [7, 11) is -6.10. The summed E-state index contributed by atoms with van der Waals surface area (Å²) in [5, 5.41) is 15.2. The highest BCUT2D eigenvalue weighted by atomic mass is 35.5. The number of aryl methyl sites for hydroxylation is 1. The maximum atomic E-state index is 13.4. The molecule has 0 aliphatic carbocycles. The number of nitriles is 1. The van der Waals surface area contributed by atoms with E-state index >= 15 is 0 Å². The quantitative estimate of drug-likeness (QED) is 0.231. The number of nitrogens with one attached hydrogen (secondary N) is 2. The summed E-state index contributed by atoms with van der Waals surface area (Å²) in [5.41, 5.74) is 7.92. The molecule has 47 heavy (non-hydrogen) atoms. The highest BCUT2D eigenvalue weighted by Gasteiger charge is 2.30. The summed E-state index contributed by atoms with van der Waals surface area (Å²) < 4.78 is 53.7. The third-order valence-corrected chi connectivity index (χ3v) is 10.4. The number of hydrogen-bond acceptors (Lipinski definition) is 11. The number of nitrogens with two attached hydrogens (primary N) is 1. The monoisotopic (exact) mass is 727 g/mol. The second-order valence-corrected chi connectivity index (χ2v) is 14.5. The predicted molar refractivity (Wildman–Crippen MR) is 186 cm³/mol. The zero-order valence-corrected chi connectivity index (χ0v) is 29.5. The first-order valence-corrected chi connectivity index (χ1v) is 17.5. The highest BCUT2D eigenvalue weighted by Crippen LogP contribution is 2.26. The molecule has 256 valence electrons. The smallest absolute Gasteiger partial charge is 0.257 e. The zero-order valence-electron chi connectivity index (χ0n) is 26.2. The third-order valence-electron chi connectivity index (χ3n) is 7.26. The molecule has 1 aromatic heterocycles. The van der Waals surface area contributed by atoms with Crippen molar-refractivity contribution in [3.63, 3.8) is 0 Å². The standard InChI is InChI=1S/C29H37N9O5S2.2ClH/c1-21-17-24(19-31)35-29(33-21)37-13-15-38(16-14-37)45(42,43)25-8-6-23(7-9-25)34-28(39)26-18-22(20-32-12-4-11-30)5-10-27(26)36(2)44(3,40)41;;/h5-10,17-18,32H,4,11-16,20,30H2,1-3H3,(H,34,39);2*1H. The number of anilines is 3. The molecule has 1 saturated heterocycles. The summed E-state index contributed by atoms with van der Waals surface area (Å²) in [6.45, 7) is 4.58. The minimum Gasteiger partial charge on any atom is -0.338 e. The van der Waals surface area contributed by atoms with Crippen LogP contribution in [0, 0.1) is 18.3 Å². The average Bonchev–Trinajstić information content (AvgIpc) is 3.02. The average molecular weight is 729 g/mol. The lowest BCUT2D eigenvalue weighted by Gasteiger charge is -2.34. The van der Waals surface area contributed by atoms with Crippen molar-refractivity contribution >= 4 is 68.1 Å². The molecule has 0 radical (unpaired) electrons. The maximum absolute atomic E-state index is 13.4. The van der Waals surface area contributed by atoms with Crippen molar-refractivity contribution in [1.82, 2.24) is 19.6 Å². The van der Waals surface area contributed by atoms with Crippen molar-refractivity contribution in [2.75, 3.05) is 67.1 Å². The number of sulfonamides is 2. The van der Waals surface area contributed by atoms with E-state index in [9.17, 15) is 26.9 Å². The lowest BCUT2D eigenvalue weighted by molar-refractivity contribution is 0.102. The van der Waals surface area contributed by atoms with Crippen LogP contribution in [-0.4, -0.2) is 89.6 Å². The Kier molecular flexibility index (Phi) is 14.3. The van der Waals surface area contributed by atoms with Gasteiger partial charge in [-0.1, -0.05) is 6.07 Å². The van der Waals surface area contributed by atoms with Crippen LogP contribution >= 0.6 is 24.8 Å². The van der Waals surface area contributed by atoms with E-state index in [-0.39, 0.29) is 59.7 Å². The molecule has 18 heteroatoms. The Bertz CT molecular complexity index is 1800. The van der Waals surface area contributed by atoms with Gasteiger partial charge in [0.2, 0.25) is 26.0 Å². The van der Waals surface area contributed by atoms with E-state index < -0.39 is 26.0 Å². The third kappa shape index (κ3) is 9.97. The molecule has 0 saturated carbocycles. The first-order chi connectivity index (χ1) is 21.3. The molecule has 0 atom stereocenters. The Morgan fingerprint density at radius 2 is 1.68 bits per heavy atom. The Labute approximate surface area is 288 Å². The number of piperazine rings is 1. The number of carbonyl (C=O) groups excluding carboxylic acids is 1. The van der Waals surface area contributed by atoms with Crippen LogP contribution < -0.4 is 25.6 Å². The Hall–Kier alpha value is -3.56. The Morgan fingerprint density at radius 3 is 2.28 bits per heavy atom. The van der Waals surface area contributed by atoms with Crippen molar-refractivity contribution in [1.29, 1.82) is 5.26 Å². The molecule has 0 unspecified atom stereocenters. The van der Waals surface area contributed by atoms with Crippen LogP contribution in [0.4, 0.5) is 17.3 Å². The molecule has 4 rings (SSSR count). The van der Waals surface area contributed by atoms with Gasteiger partial charge in [-0.25, -0.2) is 26.8 Å². The molecule has 0 bridgehead atoms. The Balaban J connectivity index is 0.00000384. The van der Waals surface area contributed by atoms with Crippen LogP contribution in [-0.2, 0) is 26.6 Å². The summed E-state index contributed by atoms with van der Waals surface area (Å²) in [6.07, 6.45) is 1.84. The van der Waals surface area contributed by atoms with Crippen LogP contribution in [0.15, 0.2) is 53.4 Å². The number of halogens is 2. The maximum Gasteiger partial charge on any atom is 0.257 e. The van der Waals surface area contributed by atoms with Crippen LogP contribution in [0.25, 0.3) is 0 Å². The van der Waals surface area contributed by atoms with Gasteiger partial charge in [-0.05, 0) is 74.5 Å². The number of hydrogen-bond donors (Lipinski definition) is 3. The number of rotatable bonds is 12. The molecule has 14 nitrogen and oxygen atoms in total. The fourth-order valence-corrected chi connectivity index (χ4v) is 6.66. The van der Waals surface area contributed by atoms with E-state index in [2.05, 4.69) is 20.6 Å². The second-order valence-electron chi connectivity index (χ2n) is 10.6. The van der Waals surface area contributed by atoms with E-state index in [4.69, 9.17) is 5.73 Å². The van der Waals surface area contributed by atoms with Crippen LogP contribution in [0.3, 0.4) is 0 Å². The van der Waals surface area contributed by atoms with Gasteiger partial charge >= 0.3 is 0 Å². The molecule has 1 amide bonds. The van der Waals surface area contributed by atoms with Gasteiger partial charge in [-0.15, -0.1) is 24.8 Å². The minimum atomic E-state index is -3.83. The lowest BCUT2D eigenvalue weighted by atomic mass is 10.1. The van der Waals surface area contributed by atoms with Gasteiger partial charge in [-0.3, -0.25) is 9.10 Å². The Morgan fingerprint density at radius 1 is 1.02 bits per heavy atom. The number of carbonyl (C=O) groups is 1. The SMILES string of the molecule is Cc1cc(C#N)nc(N2CCN(S(=O)(=O)c3ccc(NC(=O)c4cc(CNCCCN)ccc4N(C)S(C)(=O)=O)cc3)CC2)n1.Cl.Cl. The molecule has 1 aliphatic rings. The van der Waals surface area contributed by atoms with E-state index in [1.54, 1.807) is 31.2 Å². The number of amides is 1. The normalized spacial score (nSPS) is 13.6. The lowest BCUT2D eigenvalue weighted by Crippen LogP contribution is -2.49. The predicted octanol–water partition coefficient (Wildman–Crippen LogP) is 2.10. The van der Waals surface area contributed by atoms with Gasteiger partial charge in [0, 0.05) is 51.2 Å². The van der Waals surface area contributed by atoms with E-state index in [1.807, 2.05) is 11.0 Å². The summed E-state index contributed by atoms with van der Waals surface area (Å²) in [5.74, 6) is -0.156. The largest absolute Gasteiger partial charge is 0.338 e. The molecule has 4 N–H and O–H groups in total. The van der Waals surface area contributed by atoms with Crippen molar-refractivity contribution < 1.29 is 21.6 Å². The minimum absolute atomic E-state index is 0. The van der Waals surface area contributed by atoms with Crippen LogP contribution in [0.2, 0.25) is 0 Å². The number of nitrogens with zero attached hydrogens (tertiary/aromatic N) is 6. The van der Waals surface area contributed by atoms with Crippen molar-refractivity contribution in [3.8, 4) is 6.07 Å². The first-order valence-electron chi connectivity index (χ1n) is 14.2. The van der Waals surface area contributed by atoms with E-state index in [1.165, 1.54) is 35.6 Å². The number of aromatic nitrogens is 2. The van der Waals surface area contributed by atoms with Gasteiger partial charge < -0.3 is 21.3 Å². The van der Waals surface area contributed by atoms with Gasteiger partial charge in [0.1, 0.15) is 11.8 Å². The summed E-state index contributed by atoms with van der Waals surface area (Å²) in [4.78, 5) is 23.9. The molecule has 1 aliphatic heterocycles. The fraction of sp³-hybridized carbons (Fsp3) is 0.379. The summed E-state index contributed by atoms with van der Waals surface area (Å²) in [6, 6.07) is 14.4. The van der Waals surface area contributed by atoms with Gasteiger partial charge in [0.25, 0.3) is 5.91 Å². The van der Waals surface area contributed by atoms with Gasteiger partial charge in [0.15, 0.2) is 0 Å². The molecular formula is C29H39Cl2N9O5S2. The van der Waals surface area contributed by atoms with E-state index in [0.29, 0.717) is 50.1 Å².